The minimum Gasteiger partial charge on any atom is -0.397 e. The van der Waals surface area contributed by atoms with Crippen LogP contribution in [0.2, 0.25) is 0 Å². The van der Waals surface area contributed by atoms with Crippen LogP contribution in [-0.4, -0.2) is 37.1 Å². The van der Waals surface area contributed by atoms with Crippen molar-refractivity contribution in [2.75, 3.05) is 36.8 Å². The molecule has 0 saturated carbocycles. The zero-order valence-electron chi connectivity index (χ0n) is 13.5. The number of nitrogens with two attached hydrogens (primary N) is 1. The summed E-state index contributed by atoms with van der Waals surface area (Å²) in [5.74, 6) is 0. The summed E-state index contributed by atoms with van der Waals surface area (Å²) in [7, 11) is 0. The summed E-state index contributed by atoms with van der Waals surface area (Å²) in [5.41, 5.74) is 10.8. The second-order valence-corrected chi connectivity index (χ2v) is 6.26. The van der Waals surface area contributed by atoms with Gasteiger partial charge in [0.2, 0.25) is 0 Å². The largest absolute Gasteiger partial charge is 0.397 e. The van der Waals surface area contributed by atoms with Crippen LogP contribution in [0.15, 0.2) is 48.5 Å². The van der Waals surface area contributed by atoms with Crippen molar-refractivity contribution in [2.45, 2.75) is 19.9 Å². The Labute approximate surface area is 133 Å². The Morgan fingerprint density at radius 3 is 2.18 bits per heavy atom. The fraction of sp³-hybridized carbons (Fsp3) is 0.368. The van der Waals surface area contributed by atoms with Gasteiger partial charge in [0.05, 0.1) is 11.4 Å². The van der Waals surface area contributed by atoms with Crippen LogP contribution in [0.3, 0.4) is 0 Å². The zero-order chi connectivity index (χ0) is 15.5. The molecule has 0 unspecified atom stereocenters. The van der Waals surface area contributed by atoms with Gasteiger partial charge in [0.15, 0.2) is 0 Å². The molecular formula is C19H25N3. The topological polar surface area (TPSA) is 32.5 Å². The lowest BCUT2D eigenvalue weighted by atomic mass is 10.0. The van der Waals surface area contributed by atoms with Crippen LogP contribution < -0.4 is 10.6 Å². The smallest absolute Gasteiger partial charge is 0.0607 e. The van der Waals surface area contributed by atoms with E-state index in [9.17, 15) is 0 Å². The molecule has 0 bridgehead atoms. The zero-order valence-corrected chi connectivity index (χ0v) is 13.5. The summed E-state index contributed by atoms with van der Waals surface area (Å²) < 4.78 is 0. The Kier molecular flexibility index (Phi) is 4.34. The first kappa shape index (κ1) is 14.9. The van der Waals surface area contributed by atoms with Crippen molar-refractivity contribution in [3.63, 3.8) is 0 Å². The van der Waals surface area contributed by atoms with Gasteiger partial charge in [-0.15, -0.1) is 0 Å². The van der Waals surface area contributed by atoms with Gasteiger partial charge in [-0.2, -0.15) is 0 Å². The molecule has 0 aliphatic carbocycles. The number of anilines is 2. The highest BCUT2D eigenvalue weighted by Gasteiger charge is 2.20. The molecule has 0 aromatic heterocycles. The van der Waals surface area contributed by atoms with E-state index in [0.29, 0.717) is 6.04 Å². The number of piperazine rings is 1. The van der Waals surface area contributed by atoms with Crippen LogP contribution in [0.4, 0.5) is 11.4 Å². The average Bonchev–Trinajstić information content (AvgIpc) is 2.56. The SMILES string of the molecule is CC(C)N1CCN(c2cc(-c3ccccc3)ccc2N)CC1. The van der Waals surface area contributed by atoms with Gasteiger partial charge in [-0.3, -0.25) is 4.90 Å². The summed E-state index contributed by atoms with van der Waals surface area (Å²) >= 11 is 0. The molecule has 1 heterocycles. The maximum Gasteiger partial charge on any atom is 0.0607 e. The molecule has 2 aromatic rings. The molecule has 0 amide bonds. The van der Waals surface area contributed by atoms with Crippen LogP contribution in [0.5, 0.6) is 0 Å². The summed E-state index contributed by atoms with van der Waals surface area (Å²) in [5, 5.41) is 0. The average molecular weight is 295 g/mol. The Bertz CT molecular complexity index is 614. The summed E-state index contributed by atoms with van der Waals surface area (Å²) in [6.07, 6.45) is 0. The quantitative estimate of drug-likeness (QED) is 0.880. The molecule has 0 spiro atoms. The lowest BCUT2D eigenvalue weighted by molar-refractivity contribution is 0.209. The van der Waals surface area contributed by atoms with Crippen LogP contribution in [0.25, 0.3) is 11.1 Å². The molecule has 2 aromatic carbocycles. The predicted molar refractivity (Wildman–Crippen MR) is 95.2 cm³/mol. The number of hydrogen-bond acceptors (Lipinski definition) is 3. The molecule has 2 N–H and O–H groups in total. The van der Waals surface area contributed by atoms with Crippen LogP contribution >= 0.6 is 0 Å². The number of rotatable bonds is 3. The molecule has 0 atom stereocenters. The lowest BCUT2D eigenvalue weighted by Gasteiger charge is -2.38. The van der Waals surface area contributed by atoms with E-state index >= 15 is 0 Å². The van der Waals surface area contributed by atoms with E-state index < -0.39 is 0 Å². The van der Waals surface area contributed by atoms with Gasteiger partial charge in [0.25, 0.3) is 0 Å². The van der Waals surface area contributed by atoms with Gasteiger partial charge >= 0.3 is 0 Å². The minimum absolute atomic E-state index is 0.621. The molecule has 116 valence electrons. The van der Waals surface area contributed by atoms with E-state index in [1.54, 1.807) is 0 Å². The minimum atomic E-state index is 0.621. The van der Waals surface area contributed by atoms with Crippen LogP contribution in [0.1, 0.15) is 13.8 Å². The number of nitrogen functional groups attached to an aromatic ring is 1. The van der Waals surface area contributed by atoms with Gasteiger partial charge in [0, 0.05) is 32.2 Å². The summed E-state index contributed by atoms with van der Waals surface area (Å²) in [6.45, 7) is 8.82. The Hall–Kier alpha value is -2.00. The highest BCUT2D eigenvalue weighted by atomic mass is 15.3. The van der Waals surface area contributed by atoms with Gasteiger partial charge in [-0.05, 0) is 37.1 Å². The van der Waals surface area contributed by atoms with Gasteiger partial charge in [-0.1, -0.05) is 36.4 Å². The predicted octanol–water partition coefficient (Wildman–Crippen LogP) is 3.47. The third-order valence-corrected chi connectivity index (χ3v) is 4.52. The molecule has 1 saturated heterocycles. The van der Waals surface area contributed by atoms with Crippen LogP contribution in [0, 0.1) is 0 Å². The Morgan fingerprint density at radius 1 is 0.864 bits per heavy atom. The first-order valence-electron chi connectivity index (χ1n) is 8.09. The molecule has 1 aliphatic rings. The number of benzene rings is 2. The molecule has 1 fully saturated rings. The molecule has 3 heteroatoms. The number of hydrogen-bond donors (Lipinski definition) is 1. The second kappa shape index (κ2) is 6.41. The third kappa shape index (κ3) is 3.09. The fourth-order valence-electron chi connectivity index (χ4n) is 3.11. The highest BCUT2D eigenvalue weighted by Crippen LogP contribution is 2.30. The van der Waals surface area contributed by atoms with Gasteiger partial charge in [0.1, 0.15) is 0 Å². The van der Waals surface area contributed by atoms with Gasteiger partial charge in [-0.25, -0.2) is 0 Å². The monoisotopic (exact) mass is 295 g/mol. The first-order chi connectivity index (χ1) is 10.6. The van der Waals surface area contributed by atoms with Gasteiger partial charge < -0.3 is 10.6 Å². The normalized spacial score (nSPS) is 16.2. The van der Waals surface area contributed by atoms with Crippen molar-refractivity contribution >= 4 is 11.4 Å². The van der Waals surface area contributed by atoms with Crippen LogP contribution in [-0.2, 0) is 0 Å². The van der Waals surface area contributed by atoms with E-state index in [-0.39, 0.29) is 0 Å². The Balaban J connectivity index is 1.82. The van der Waals surface area contributed by atoms with Crippen molar-refractivity contribution in [2.24, 2.45) is 0 Å². The Morgan fingerprint density at radius 2 is 1.55 bits per heavy atom. The molecule has 1 aliphatic heterocycles. The standard InChI is InChI=1S/C19H25N3/c1-15(2)21-10-12-22(13-11-21)19-14-17(8-9-18(19)20)16-6-4-3-5-7-16/h3-9,14-15H,10-13,20H2,1-2H3. The van der Waals surface area contributed by atoms with E-state index in [2.05, 4.69) is 60.0 Å². The fourth-order valence-corrected chi connectivity index (χ4v) is 3.11. The van der Waals surface area contributed by atoms with E-state index in [0.717, 1.165) is 31.9 Å². The summed E-state index contributed by atoms with van der Waals surface area (Å²) in [6, 6.07) is 17.5. The molecule has 22 heavy (non-hydrogen) atoms. The third-order valence-electron chi connectivity index (χ3n) is 4.52. The number of nitrogens with zero attached hydrogens (tertiary/aromatic N) is 2. The first-order valence-corrected chi connectivity index (χ1v) is 8.09. The van der Waals surface area contributed by atoms with E-state index in [4.69, 9.17) is 5.73 Å². The van der Waals surface area contributed by atoms with Crippen molar-refractivity contribution in [1.29, 1.82) is 0 Å². The molecule has 3 rings (SSSR count). The maximum atomic E-state index is 6.24. The lowest BCUT2D eigenvalue weighted by Crippen LogP contribution is -2.49. The second-order valence-electron chi connectivity index (χ2n) is 6.26. The van der Waals surface area contributed by atoms with Crippen molar-refractivity contribution in [3.05, 3.63) is 48.5 Å². The highest BCUT2D eigenvalue weighted by molar-refractivity contribution is 5.77. The van der Waals surface area contributed by atoms with E-state index in [1.165, 1.54) is 16.8 Å². The molecular weight excluding hydrogens is 270 g/mol. The maximum absolute atomic E-state index is 6.24. The van der Waals surface area contributed by atoms with Crippen molar-refractivity contribution in [3.8, 4) is 11.1 Å². The summed E-state index contributed by atoms with van der Waals surface area (Å²) in [4.78, 5) is 4.94. The van der Waals surface area contributed by atoms with E-state index in [1.807, 2.05) is 12.1 Å². The molecule has 3 nitrogen and oxygen atoms in total. The molecule has 0 radical (unpaired) electrons. The van der Waals surface area contributed by atoms with Crippen molar-refractivity contribution in [1.82, 2.24) is 4.90 Å². The van der Waals surface area contributed by atoms with Crippen molar-refractivity contribution < 1.29 is 0 Å².